The summed E-state index contributed by atoms with van der Waals surface area (Å²) in [6, 6.07) is 0. The molecular weight excluding hydrogens is 208 g/mol. The van der Waals surface area contributed by atoms with Crippen molar-refractivity contribution >= 4 is 11.9 Å². The van der Waals surface area contributed by atoms with Crippen LogP contribution in [0.15, 0.2) is 0 Å². The van der Waals surface area contributed by atoms with Crippen molar-refractivity contribution in [3.8, 4) is 0 Å². The number of carboxylic acids is 1. The van der Waals surface area contributed by atoms with Crippen molar-refractivity contribution in [3.63, 3.8) is 0 Å². The van der Waals surface area contributed by atoms with Gasteiger partial charge in [-0.2, -0.15) is 0 Å². The van der Waals surface area contributed by atoms with Crippen molar-refractivity contribution in [3.05, 3.63) is 0 Å². The summed E-state index contributed by atoms with van der Waals surface area (Å²) in [6.07, 6.45) is 2.60. The first-order valence-electron chi connectivity index (χ1n) is 5.76. The lowest BCUT2D eigenvalue weighted by atomic mass is 9.66. The molecule has 0 spiro atoms. The Kier molecular flexibility index (Phi) is 3.94. The average molecular weight is 228 g/mol. The molecule has 4 heteroatoms. The fourth-order valence-electron chi connectivity index (χ4n) is 2.55. The van der Waals surface area contributed by atoms with Crippen LogP contribution in [0.2, 0.25) is 0 Å². The molecule has 92 valence electrons. The van der Waals surface area contributed by atoms with Crippen LogP contribution in [0.5, 0.6) is 0 Å². The van der Waals surface area contributed by atoms with Crippen molar-refractivity contribution < 1.29 is 19.4 Å². The molecule has 0 heterocycles. The van der Waals surface area contributed by atoms with Gasteiger partial charge in [-0.25, -0.2) is 0 Å². The van der Waals surface area contributed by atoms with Crippen LogP contribution in [-0.2, 0) is 14.3 Å². The highest BCUT2D eigenvalue weighted by Gasteiger charge is 2.50. The van der Waals surface area contributed by atoms with E-state index in [1.54, 1.807) is 0 Å². The van der Waals surface area contributed by atoms with E-state index in [0.29, 0.717) is 24.7 Å². The van der Waals surface area contributed by atoms with E-state index in [2.05, 4.69) is 18.6 Å². The van der Waals surface area contributed by atoms with E-state index in [0.717, 1.165) is 12.8 Å². The van der Waals surface area contributed by atoms with Gasteiger partial charge in [-0.15, -0.1) is 0 Å². The molecule has 0 saturated heterocycles. The van der Waals surface area contributed by atoms with E-state index < -0.39 is 17.4 Å². The molecule has 0 radical (unpaired) electrons. The second kappa shape index (κ2) is 4.85. The van der Waals surface area contributed by atoms with Gasteiger partial charge in [-0.1, -0.05) is 26.7 Å². The fourth-order valence-corrected chi connectivity index (χ4v) is 2.55. The van der Waals surface area contributed by atoms with Crippen LogP contribution >= 0.6 is 0 Å². The van der Waals surface area contributed by atoms with Crippen molar-refractivity contribution in [2.24, 2.45) is 17.3 Å². The minimum absolute atomic E-state index is 0.295. The number of carbonyl (C=O) groups excluding carboxylic acids is 1. The summed E-state index contributed by atoms with van der Waals surface area (Å²) in [5.74, 6) is -0.928. The topological polar surface area (TPSA) is 63.6 Å². The summed E-state index contributed by atoms with van der Waals surface area (Å²) < 4.78 is 4.66. The van der Waals surface area contributed by atoms with Crippen molar-refractivity contribution in [2.75, 3.05) is 7.11 Å². The zero-order chi connectivity index (χ0) is 12.3. The molecule has 0 amide bonds. The molecule has 0 aromatic rings. The Labute approximate surface area is 96.0 Å². The quantitative estimate of drug-likeness (QED) is 0.593. The number of rotatable bonds is 3. The summed E-state index contributed by atoms with van der Waals surface area (Å²) in [4.78, 5) is 23.0. The maximum absolute atomic E-state index is 11.7. The number of methoxy groups -OCH3 is 1. The third-order valence-corrected chi connectivity index (χ3v) is 3.72. The maximum atomic E-state index is 11.7. The Hall–Kier alpha value is -1.06. The van der Waals surface area contributed by atoms with Gasteiger partial charge in [0.25, 0.3) is 0 Å². The first kappa shape index (κ1) is 13.0. The van der Waals surface area contributed by atoms with E-state index >= 15 is 0 Å². The number of hydrogen-bond acceptors (Lipinski definition) is 3. The normalized spacial score (nSPS) is 30.1. The van der Waals surface area contributed by atoms with Crippen LogP contribution < -0.4 is 0 Å². The van der Waals surface area contributed by atoms with Crippen LogP contribution in [0.4, 0.5) is 0 Å². The number of aliphatic carboxylic acids is 1. The molecule has 0 bridgehead atoms. The third-order valence-electron chi connectivity index (χ3n) is 3.72. The fraction of sp³-hybridized carbons (Fsp3) is 0.833. The molecule has 4 nitrogen and oxygen atoms in total. The molecule has 2 unspecified atom stereocenters. The van der Waals surface area contributed by atoms with E-state index in [-0.39, 0.29) is 0 Å². The Morgan fingerprint density at radius 3 is 2.50 bits per heavy atom. The Morgan fingerprint density at radius 2 is 2.06 bits per heavy atom. The highest BCUT2D eigenvalue weighted by atomic mass is 16.5. The largest absolute Gasteiger partial charge is 0.480 e. The molecule has 0 aromatic carbocycles. The Morgan fingerprint density at radius 1 is 1.44 bits per heavy atom. The molecule has 1 aliphatic carbocycles. The Bertz CT molecular complexity index is 285. The van der Waals surface area contributed by atoms with Crippen LogP contribution in [0.1, 0.15) is 39.5 Å². The first-order chi connectivity index (χ1) is 7.44. The summed E-state index contributed by atoms with van der Waals surface area (Å²) >= 11 is 0. The van der Waals surface area contributed by atoms with Crippen LogP contribution in [-0.4, -0.2) is 24.2 Å². The highest BCUT2D eigenvalue weighted by Crippen LogP contribution is 2.43. The van der Waals surface area contributed by atoms with Gasteiger partial charge in [0.15, 0.2) is 5.41 Å². The lowest BCUT2D eigenvalue weighted by Crippen LogP contribution is -2.44. The van der Waals surface area contributed by atoms with E-state index in [9.17, 15) is 14.7 Å². The molecule has 1 N–H and O–H groups in total. The van der Waals surface area contributed by atoms with Crippen LogP contribution in [0.3, 0.4) is 0 Å². The van der Waals surface area contributed by atoms with Gasteiger partial charge in [0.1, 0.15) is 0 Å². The summed E-state index contributed by atoms with van der Waals surface area (Å²) in [5.41, 5.74) is -1.30. The molecule has 1 saturated carbocycles. The van der Waals surface area contributed by atoms with E-state index in [1.165, 1.54) is 7.11 Å². The van der Waals surface area contributed by atoms with Crippen molar-refractivity contribution in [2.45, 2.75) is 39.5 Å². The smallest absolute Gasteiger partial charge is 0.323 e. The van der Waals surface area contributed by atoms with Crippen molar-refractivity contribution in [1.29, 1.82) is 0 Å². The van der Waals surface area contributed by atoms with Gasteiger partial charge in [-0.05, 0) is 24.7 Å². The number of ether oxygens (including phenoxy) is 1. The molecule has 0 aromatic heterocycles. The average Bonchev–Trinajstić information content (AvgIpc) is 2.27. The second-order valence-electron chi connectivity index (χ2n) is 4.98. The summed E-state index contributed by atoms with van der Waals surface area (Å²) in [6.45, 7) is 4.14. The number of hydrogen-bond donors (Lipinski definition) is 1. The van der Waals surface area contributed by atoms with Gasteiger partial charge >= 0.3 is 11.9 Å². The van der Waals surface area contributed by atoms with E-state index in [4.69, 9.17) is 0 Å². The van der Waals surface area contributed by atoms with Gasteiger partial charge in [0, 0.05) is 0 Å². The molecule has 16 heavy (non-hydrogen) atoms. The molecule has 0 aliphatic heterocycles. The van der Waals surface area contributed by atoms with Gasteiger partial charge in [0.05, 0.1) is 7.11 Å². The predicted octanol–water partition coefficient (Wildman–Crippen LogP) is 2.08. The minimum atomic E-state index is -1.30. The molecular formula is C12H20O4. The van der Waals surface area contributed by atoms with E-state index in [1.807, 2.05) is 0 Å². The van der Waals surface area contributed by atoms with Crippen LogP contribution in [0, 0.1) is 17.3 Å². The first-order valence-corrected chi connectivity index (χ1v) is 5.76. The summed E-state index contributed by atoms with van der Waals surface area (Å²) in [7, 11) is 1.26. The minimum Gasteiger partial charge on any atom is -0.480 e. The lowest BCUT2D eigenvalue weighted by Gasteiger charge is -2.36. The number of esters is 1. The molecule has 2 atom stereocenters. The SMILES string of the molecule is COC(=O)C1(C(=O)O)CCCC(C(C)C)C1. The van der Waals surface area contributed by atoms with Gasteiger partial charge in [0.2, 0.25) is 0 Å². The number of carbonyl (C=O) groups is 2. The van der Waals surface area contributed by atoms with Gasteiger partial charge < -0.3 is 9.84 Å². The standard InChI is InChI=1S/C12H20O4/c1-8(2)9-5-4-6-12(7-9,10(13)14)11(15)16-3/h8-9H,4-7H2,1-3H3,(H,13,14). The zero-order valence-corrected chi connectivity index (χ0v) is 10.2. The van der Waals surface area contributed by atoms with Crippen molar-refractivity contribution in [1.82, 2.24) is 0 Å². The maximum Gasteiger partial charge on any atom is 0.323 e. The van der Waals surface area contributed by atoms with Gasteiger partial charge in [-0.3, -0.25) is 9.59 Å². The molecule has 1 fully saturated rings. The monoisotopic (exact) mass is 228 g/mol. The zero-order valence-electron chi connectivity index (χ0n) is 10.2. The second-order valence-corrected chi connectivity index (χ2v) is 4.98. The lowest BCUT2D eigenvalue weighted by molar-refractivity contribution is -0.171. The summed E-state index contributed by atoms with van der Waals surface area (Å²) in [5, 5.41) is 9.29. The third kappa shape index (κ3) is 2.20. The highest BCUT2D eigenvalue weighted by molar-refractivity contribution is 5.99. The van der Waals surface area contributed by atoms with Crippen LogP contribution in [0.25, 0.3) is 0 Å². The predicted molar refractivity (Wildman–Crippen MR) is 58.9 cm³/mol. The molecule has 1 rings (SSSR count). The number of carboxylic acid groups (broad SMARTS) is 1. The molecule has 1 aliphatic rings. The Balaban J connectivity index is 2.93.